The van der Waals surface area contributed by atoms with Crippen LogP contribution in [0.4, 0.5) is 0 Å². The zero-order chi connectivity index (χ0) is 10.2. The summed E-state index contributed by atoms with van der Waals surface area (Å²) in [7, 11) is 0. The molecule has 0 aromatic carbocycles. The van der Waals surface area contributed by atoms with E-state index in [1.807, 2.05) is 0 Å². The highest BCUT2D eigenvalue weighted by Crippen LogP contribution is 1.98. The van der Waals surface area contributed by atoms with Crippen molar-refractivity contribution in [3.63, 3.8) is 0 Å². The number of hydrogen-bond donors (Lipinski definition) is 2. The Morgan fingerprint density at radius 2 is 2.43 bits per heavy atom. The van der Waals surface area contributed by atoms with Crippen LogP contribution in [0.15, 0.2) is 6.33 Å². The van der Waals surface area contributed by atoms with Gasteiger partial charge in [0.25, 0.3) is 0 Å². The number of alkyl halides is 1. The molecular weight excluding hydrogens is 248 g/mol. The number of nitrogens with zero attached hydrogens (tertiary/aromatic N) is 2. The largest absolute Gasteiger partial charge is 0.349 e. The zero-order valence-corrected chi connectivity index (χ0v) is 9.38. The van der Waals surface area contributed by atoms with Gasteiger partial charge in [-0.15, -0.1) is 0 Å². The fraction of sp³-hybridized carbons (Fsp3) is 0.625. The fourth-order valence-electron chi connectivity index (χ4n) is 0.967. The molecule has 0 aliphatic carbocycles. The summed E-state index contributed by atoms with van der Waals surface area (Å²) in [4.78, 5) is 15.1. The number of amides is 1. The Balaban J connectivity index is 2.09. The molecule has 1 aromatic heterocycles. The normalized spacial score (nSPS) is 10.1. The van der Waals surface area contributed by atoms with E-state index < -0.39 is 0 Å². The van der Waals surface area contributed by atoms with Crippen LogP contribution >= 0.6 is 15.9 Å². The molecular formula is C8H13BrN4O. The zero-order valence-electron chi connectivity index (χ0n) is 7.79. The lowest BCUT2D eigenvalue weighted by Crippen LogP contribution is -2.22. The first-order valence-electron chi connectivity index (χ1n) is 4.50. The highest BCUT2D eigenvalue weighted by molar-refractivity contribution is 9.09. The van der Waals surface area contributed by atoms with Crippen LogP contribution in [0.1, 0.15) is 25.1 Å². The van der Waals surface area contributed by atoms with E-state index >= 15 is 0 Å². The summed E-state index contributed by atoms with van der Waals surface area (Å²) >= 11 is 3.32. The summed E-state index contributed by atoms with van der Waals surface area (Å²) in [6.07, 6.45) is 3.93. The molecule has 1 amide bonds. The Kier molecular flexibility index (Phi) is 5.21. The maximum absolute atomic E-state index is 11.2. The van der Waals surface area contributed by atoms with E-state index in [9.17, 15) is 4.79 Å². The van der Waals surface area contributed by atoms with Crippen molar-refractivity contribution in [2.45, 2.75) is 25.8 Å². The molecule has 0 unspecified atom stereocenters. The molecule has 0 bridgehead atoms. The van der Waals surface area contributed by atoms with Crippen LogP contribution in [0.25, 0.3) is 0 Å². The van der Waals surface area contributed by atoms with Gasteiger partial charge >= 0.3 is 0 Å². The number of unbranched alkanes of at least 4 members (excludes halogenated alkanes) is 1. The smallest absolute Gasteiger partial charge is 0.220 e. The van der Waals surface area contributed by atoms with Gasteiger partial charge in [0.2, 0.25) is 5.91 Å². The average molecular weight is 261 g/mol. The molecule has 5 nitrogen and oxygen atoms in total. The summed E-state index contributed by atoms with van der Waals surface area (Å²) in [5.74, 6) is 0.737. The van der Waals surface area contributed by atoms with Crippen molar-refractivity contribution in [2.24, 2.45) is 0 Å². The van der Waals surface area contributed by atoms with E-state index in [1.165, 1.54) is 6.33 Å². The maximum Gasteiger partial charge on any atom is 0.220 e. The Hall–Kier alpha value is -0.910. The van der Waals surface area contributed by atoms with Gasteiger partial charge in [-0.3, -0.25) is 9.89 Å². The van der Waals surface area contributed by atoms with Gasteiger partial charge in [0.1, 0.15) is 12.2 Å². The Labute approximate surface area is 90.8 Å². The van der Waals surface area contributed by atoms with Gasteiger partial charge in [-0.05, 0) is 12.8 Å². The Morgan fingerprint density at radius 3 is 3.07 bits per heavy atom. The number of rotatable bonds is 6. The molecule has 1 aromatic rings. The first-order chi connectivity index (χ1) is 6.83. The topological polar surface area (TPSA) is 70.7 Å². The molecule has 6 heteroatoms. The van der Waals surface area contributed by atoms with Crippen LogP contribution in [0.5, 0.6) is 0 Å². The number of H-pyrrole nitrogens is 1. The van der Waals surface area contributed by atoms with Gasteiger partial charge in [0.15, 0.2) is 0 Å². The fourth-order valence-corrected chi connectivity index (χ4v) is 1.36. The molecule has 78 valence electrons. The molecule has 2 N–H and O–H groups in total. The molecule has 0 saturated heterocycles. The molecule has 1 rings (SSSR count). The second-order valence-electron chi connectivity index (χ2n) is 2.85. The van der Waals surface area contributed by atoms with Gasteiger partial charge in [0, 0.05) is 11.8 Å². The second kappa shape index (κ2) is 6.53. The van der Waals surface area contributed by atoms with Crippen molar-refractivity contribution in [3.8, 4) is 0 Å². The first kappa shape index (κ1) is 11.2. The summed E-state index contributed by atoms with van der Waals surface area (Å²) in [5, 5.41) is 10.1. The summed E-state index contributed by atoms with van der Waals surface area (Å²) in [6.45, 7) is 0.424. The summed E-state index contributed by atoms with van der Waals surface area (Å²) in [5.41, 5.74) is 0. The number of aromatic amines is 1. The highest BCUT2D eigenvalue weighted by Gasteiger charge is 2.01. The van der Waals surface area contributed by atoms with Gasteiger partial charge < -0.3 is 5.32 Å². The molecule has 0 saturated carbocycles. The predicted molar refractivity (Wildman–Crippen MR) is 55.9 cm³/mol. The second-order valence-corrected chi connectivity index (χ2v) is 3.65. The van der Waals surface area contributed by atoms with Crippen LogP contribution in [-0.4, -0.2) is 26.4 Å². The van der Waals surface area contributed by atoms with Gasteiger partial charge in [-0.25, -0.2) is 4.98 Å². The number of carbonyl (C=O) groups is 1. The molecule has 0 aliphatic heterocycles. The lowest BCUT2D eigenvalue weighted by molar-refractivity contribution is -0.121. The van der Waals surface area contributed by atoms with E-state index in [1.54, 1.807) is 0 Å². The third-order valence-corrected chi connectivity index (χ3v) is 2.27. The number of hydrogen-bond acceptors (Lipinski definition) is 3. The highest BCUT2D eigenvalue weighted by atomic mass is 79.9. The van der Waals surface area contributed by atoms with Crippen molar-refractivity contribution in [3.05, 3.63) is 12.2 Å². The third-order valence-electron chi connectivity index (χ3n) is 1.71. The van der Waals surface area contributed by atoms with Crippen molar-refractivity contribution >= 4 is 21.8 Å². The molecule has 0 aliphatic rings. The van der Waals surface area contributed by atoms with E-state index in [2.05, 4.69) is 36.4 Å². The average Bonchev–Trinajstić information content (AvgIpc) is 2.68. The minimum Gasteiger partial charge on any atom is -0.349 e. The van der Waals surface area contributed by atoms with E-state index in [-0.39, 0.29) is 5.91 Å². The minimum absolute atomic E-state index is 0.0577. The number of carbonyl (C=O) groups excluding carboxylic acids is 1. The van der Waals surface area contributed by atoms with Gasteiger partial charge in [-0.1, -0.05) is 15.9 Å². The quantitative estimate of drug-likeness (QED) is 0.592. The van der Waals surface area contributed by atoms with Crippen molar-refractivity contribution in [2.75, 3.05) is 5.33 Å². The lowest BCUT2D eigenvalue weighted by atomic mass is 10.2. The van der Waals surface area contributed by atoms with Crippen molar-refractivity contribution in [1.29, 1.82) is 0 Å². The van der Waals surface area contributed by atoms with Crippen LogP contribution < -0.4 is 5.32 Å². The minimum atomic E-state index is 0.0577. The predicted octanol–water partition coefficient (Wildman–Crippen LogP) is 0.986. The number of aromatic nitrogens is 3. The molecule has 14 heavy (non-hydrogen) atoms. The summed E-state index contributed by atoms with van der Waals surface area (Å²) in [6, 6.07) is 0. The standard InChI is InChI=1S/C8H13BrN4O/c9-4-2-1-3-8(14)10-5-7-11-6-12-13-7/h6H,1-5H2,(H,10,14)(H,11,12,13). The monoisotopic (exact) mass is 260 g/mol. The van der Waals surface area contributed by atoms with E-state index in [0.717, 1.165) is 18.2 Å². The van der Waals surface area contributed by atoms with E-state index in [0.29, 0.717) is 18.8 Å². The molecule has 0 atom stereocenters. The van der Waals surface area contributed by atoms with Crippen molar-refractivity contribution < 1.29 is 4.79 Å². The van der Waals surface area contributed by atoms with Crippen LogP contribution in [0, 0.1) is 0 Å². The van der Waals surface area contributed by atoms with Crippen molar-refractivity contribution in [1.82, 2.24) is 20.5 Å². The molecule has 0 spiro atoms. The van der Waals surface area contributed by atoms with Crippen LogP contribution in [0.3, 0.4) is 0 Å². The Bertz CT molecular complexity index is 262. The Morgan fingerprint density at radius 1 is 1.57 bits per heavy atom. The molecule has 1 heterocycles. The summed E-state index contributed by atoms with van der Waals surface area (Å²) < 4.78 is 0. The number of nitrogens with one attached hydrogen (secondary N) is 2. The molecule has 0 radical (unpaired) electrons. The third kappa shape index (κ3) is 4.36. The lowest BCUT2D eigenvalue weighted by Gasteiger charge is -2.01. The van der Waals surface area contributed by atoms with Crippen LogP contribution in [0.2, 0.25) is 0 Å². The maximum atomic E-state index is 11.2. The van der Waals surface area contributed by atoms with E-state index in [4.69, 9.17) is 0 Å². The SMILES string of the molecule is O=C(CCCCBr)NCc1ncn[nH]1. The van der Waals surface area contributed by atoms with Crippen LogP contribution in [-0.2, 0) is 11.3 Å². The number of halogens is 1. The van der Waals surface area contributed by atoms with Gasteiger partial charge in [-0.2, -0.15) is 5.10 Å². The first-order valence-corrected chi connectivity index (χ1v) is 5.62. The van der Waals surface area contributed by atoms with Gasteiger partial charge in [0.05, 0.1) is 6.54 Å². The molecule has 0 fully saturated rings.